The predicted molar refractivity (Wildman–Crippen MR) is 78.2 cm³/mol. The van der Waals surface area contributed by atoms with E-state index in [0.29, 0.717) is 6.42 Å². The van der Waals surface area contributed by atoms with Crippen molar-refractivity contribution in [2.75, 3.05) is 14.2 Å². The van der Waals surface area contributed by atoms with Crippen LogP contribution in [-0.4, -0.2) is 26.3 Å². The van der Waals surface area contributed by atoms with Gasteiger partial charge in [-0.25, -0.2) is 4.39 Å². The average Bonchev–Trinajstić information content (AvgIpc) is 2.31. The topological polar surface area (TPSA) is 21.3 Å². The molecule has 0 aliphatic rings. The zero-order valence-electron chi connectivity index (χ0n) is 12.3. The third kappa shape index (κ3) is 4.44. The molecule has 4 heteroatoms. The minimum Gasteiger partial charge on any atom is -0.379 e. The van der Waals surface area contributed by atoms with Gasteiger partial charge in [0.25, 0.3) is 0 Å². The maximum absolute atomic E-state index is 13.5. The highest BCUT2D eigenvalue weighted by atomic mass is 35.5. The molecule has 0 bridgehead atoms. The molecular weight excluding hydrogens is 265 g/mol. The lowest BCUT2D eigenvalue weighted by Gasteiger charge is -2.36. The van der Waals surface area contributed by atoms with E-state index in [-0.39, 0.29) is 28.4 Å². The molecule has 0 aliphatic carbocycles. The first-order chi connectivity index (χ1) is 8.79. The molecule has 108 valence electrons. The zero-order valence-corrected chi connectivity index (χ0v) is 13.0. The van der Waals surface area contributed by atoms with Crippen molar-refractivity contribution in [2.45, 2.75) is 39.3 Å². The van der Waals surface area contributed by atoms with Crippen molar-refractivity contribution < 1.29 is 9.13 Å². The number of methoxy groups -OCH3 is 1. The standard InChI is InChI=1S/C15H23ClFNO/c1-15(2,3)14(19-5)13(18-4)9-10-6-7-11(16)12(17)8-10/h6-8,13-14,18H,9H2,1-5H3. The van der Waals surface area contributed by atoms with Crippen molar-refractivity contribution >= 4 is 11.6 Å². The SMILES string of the molecule is CNC(Cc1ccc(Cl)c(F)c1)C(OC)C(C)(C)C. The average molecular weight is 288 g/mol. The van der Waals surface area contributed by atoms with Crippen LogP contribution in [0, 0.1) is 11.2 Å². The summed E-state index contributed by atoms with van der Waals surface area (Å²) in [6, 6.07) is 5.05. The maximum Gasteiger partial charge on any atom is 0.142 e. The van der Waals surface area contributed by atoms with Gasteiger partial charge >= 0.3 is 0 Å². The largest absolute Gasteiger partial charge is 0.379 e. The molecule has 1 aromatic rings. The monoisotopic (exact) mass is 287 g/mol. The van der Waals surface area contributed by atoms with Gasteiger partial charge in [0.05, 0.1) is 11.1 Å². The molecule has 0 radical (unpaired) electrons. The second-order valence-corrected chi connectivity index (χ2v) is 6.28. The Balaban J connectivity index is 2.89. The Morgan fingerprint density at radius 3 is 2.42 bits per heavy atom. The number of benzene rings is 1. The molecule has 1 aromatic carbocycles. The summed E-state index contributed by atoms with van der Waals surface area (Å²) in [5, 5.41) is 3.42. The Morgan fingerprint density at radius 1 is 1.37 bits per heavy atom. The van der Waals surface area contributed by atoms with Crippen molar-refractivity contribution in [3.63, 3.8) is 0 Å². The summed E-state index contributed by atoms with van der Waals surface area (Å²) in [4.78, 5) is 0. The van der Waals surface area contributed by atoms with E-state index in [4.69, 9.17) is 16.3 Å². The van der Waals surface area contributed by atoms with Gasteiger partial charge in [0.15, 0.2) is 0 Å². The van der Waals surface area contributed by atoms with Gasteiger partial charge in [0.1, 0.15) is 5.82 Å². The molecule has 19 heavy (non-hydrogen) atoms. The highest BCUT2D eigenvalue weighted by Crippen LogP contribution is 2.26. The third-order valence-corrected chi connectivity index (χ3v) is 3.59. The van der Waals surface area contributed by atoms with Gasteiger partial charge < -0.3 is 10.1 Å². The predicted octanol–water partition coefficient (Wildman–Crippen LogP) is 3.67. The second-order valence-electron chi connectivity index (χ2n) is 5.87. The van der Waals surface area contributed by atoms with E-state index in [0.717, 1.165) is 5.56 Å². The van der Waals surface area contributed by atoms with Crippen LogP contribution in [0.15, 0.2) is 18.2 Å². The Labute approximate surface area is 120 Å². The van der Waals surface area contributed by atoms with Gasteiger partial charge in [-0.3, -0.25) is 0 Å². The van der Waals surface area contributed by atoms with Crippen LogP contribution in [-0.2, 0) is 11.2 Å². The molecule has 1 rings (SSSR count). The van der Waals surface area contributed by atoms with Gasteiger partial charge in [-0.2, -0.15) is 0 Å². The lowest BCUT2D eigenvalue weighted by Crippen LogP contribution is -2.47. The zero-order chi connectivity index (χ0) is 14.6. The van der Waals surface area contributed by atoms with E-state index in [1.165, 1.54) is 6.07 Å². The number of likely N-dealkylation sites (N-methyl/N-ethyl adjacent to an activating group) is 1. The van der Waals surface area contributed by atoms with Crippen LogP contribution in [0.5, 0.6) is 0 Å². The Morgan fingerprint density at radius 2 is 2.00 bits per heavy atom. The number of hydrogen-bond acceptors (Lipinski definition) is 2. The van der Waals surface area contributed by atoms with Gasteiger partial charge in [-0.05, 0) is 36.6 Å². The summed E-state index contributed by atoms with van der Waals surface area (Å²) in [5.41, 5.74) is 0.917. The van der Waals surface area contributed by atoms with Gasteiger partial charge in [0, 0.05) is 13.2 Å². The smallest absolute Gasteiger partial charge is 0.142 e. The maximum atomic E-state index is 13.5. The normalized spacial score (nSPS) is 15.3. The molecule has 0 heterocycles. The lowest BCUT2D eigenvalue weighted by molar-refractivity contribution is -0.00922. The highest BCUT2D eigenvalue weighted by molar-refractivity contribution is 6.30. The first-order valence-electron chi connectivity index (χ1n) is 6.43. The molecule has 0 fully saturated rings. The first kappa shape index (κ1) is 16.4. The number of hydrogen-bond donors (Lipinski definition) is 1. The second kappa shape index (κ2) is 6.69. The fraction of sp³-hybridized carbons (Fsp3) is 0.600. The molecule has 0 saturated carbocycles. The fourth-order valence-electron chi connectivity index (χ4n) is 2.40. The number of rotatable bonds is 5. The summed E-state index contributed by atoms with van der Waals surface area (Å²) >= 11 is 5.70. The van der Waals surface area contributed by atoms with Crippen molar-refractivity contribution in [3.05, 3.63) is 34.6 Å². The Hall–Kier alpha value is -0.640. The van der Waals surface area contributed by atoms with Crippen LogP contribution >= 0.6 is 11.6 Å². The number of nitrogens with one attached hydrogen (secondary N) is 1. The molecule has 0 amide bonds. The molecule has 0 saturated heterocycles. The van der Waals surface area contributed by atoms with E-state index in [9.17, 15) is 4.39 Å². The van der Waals surface area contributed by atoms with Gasteiger partial charge in [-0.15, -0.1) is 0 Å². The Kier molecular flexibility index (Phi) is 5.78. The Bertz CT molecular complexity index is 417. The highest BCUT2D eigenvalue weighted by Gasteiger charge is 2.31. The van der Waals surface area contributed by atoms with E-state index < -0.39 is 0 Å². The van der Waals surface area contributed by atoms with Crippen LogP contribution in [0.2, 0.25) is 5.02 Å². The van der Waals surface area contributed by atoms with Gasteiger partial charge in [-0.1, -0.05) is 38.4 Å². The molecule has 0 spiro atoms. The van der Waals surface area contributed by atoms with Crippen molar-refractivity contribution in [1.29, 1.82) is 0 Å². The van der Waals surface area contributed by atoms with E-state index in [2.05, 4.69) is 26.1 Å². The lowest BCUT2D eigenvalue weighted by atomic mass is 9.82. The van der Waals surface area contributed by atoms with Crippen molar-refractivity contribution in [2.24, 2.45) is 5.41 Å². The van der Waals surface area contributed by atoms with Gasteiger partial charge in [0.2, 0.25) is 0 Å². The summed E-state index contributed by atoms with van der Waals surface area (Å²) < 4.78 is 19.1. The molecule has 2 nitrogen and oxygen atoms in total. The van der Waals surface area contributed by atoms with E-state index >= 15 is 0 Å². The van der Waals surface area contributed by atoms with Crippen LogP contribution in [0.25, 0.3) is 0 Å². The quantitative estimate of drug-likeness (QED) is 0.892. The molecule has 1 N–H and O–H groups in total. The van der Waals surface area contributed by atoms with Crippen molar-refractivity contribution in [3.8, 4) is 0 Å². The van der Waals surface area contributed by atoms with Crippen LogP contribution in [0.3, 0.4) is 0 Å². The van der Waals surface area contributed by atoms with Crippen LogP contribution < -0.4 is 5.32 Å². The van der Waals surface area contributed by atoms with Crippen molar-refractivity contribution in [1.82, 2.24) is 5.32 Å². The molecule has 2 atom stereocenters. The molecular formula is C15H23ClFNO. The molecule has 0 aliphatic heterocycles. The number of ether oxygens (including phenoxy) is 1. The summed E-state index contributed by atoms with van der Waals surface area (Å²) in [6.07, 6.45) is 0.733. The fourth-order valence-corrected chi connectivity index (χ4v) is 2.52. The van der Waals surface area contributed by atoms with E-state index in [1.807, 2.05) is 13.1 Å². The summed E-state index contributed by atoms with van der Waals surface area (Å²) in [6.45, 7) is 6.40. The van der Waals surface area contributed by atoms with E-state index in [1.54, 1.807) is 13.2 Å². The summed E-state index contributed by atoms with van der Waals surface area (Å²) in [5.74, 6) is -0.376. The number of halogens is 2. The molecule has 2 unspecified atom stereocenters. The molecule has 0 aromatic heterocycles. The van der Waals surface area contributed by atoms with Crippen LogP contribution in [0.1, 0.15) is 26.3 Å². The first-order valence-corrected chi connectivity index (χ1v) is 6.81. The minimum absolute atomic E-state index is 0.00734. The van der Waals surface area contributed by atoms with Crippen LogP contribution in [0.4, 0.5) is 4.39 Å². The third-order valence-electron chi connectivity index (χ3n) is 3.28. The minimum atomic E-state index is -0.376. The summed E-state index contributed by atoms with van der Waals surface area (Å²) in [7, 11) is 3.61.